The van der Waals surface area contributed by atoms with Gasteiger partial charge in [0.05, 0.1) is 30.5 Å². The largest absolute Gasteiger partial charge is 0.475 e. The summed E-state index contributed by atoms with van der Waals surface area (Å²) in [5, 5.41) is 3.29. The van der Waals surface area contributed by atoms with Crippen molar-refractivity contribution in [1.29, 1.82) is 0 Å². The molecule has 1 fully saturated rings. The zero-order chi connectivity index (χ0) is 26.3. The number of hydrogen-bond donors (Lipinski definition) is 1. The van der Waals surface area contributed by atoms with Crippen LogP contribution in [0.1, 0.15) is 5.56 Å². The quantitative estimate of drug-likeness (QED) is 0.298. The lowest BCUT2D eigenvalue weighted by atomic mass is 10.1. The number of nitrogens with one attached hydrogen (secondary N) is 1. The third kappa shape index (κ3) is 6.45. The predicted octanol–water partition coefficient (Wildman–Crippen LogP) is 5.02. The van der Waals surface area contributed by atoms with Gasteiger partial charge in [-0.3, -0.25) is 14.7 Å². The molecule has 1 aliphatic rings. The number of anilines is 1. The van der Waals surface area contributed by atoms with Gasteiger partial charge < -0.3 is 19.5 Å². The molecule has 0 aliphatic carbocycles. The van der Waals surface area contributed by atoms with Crippen LogP contribution in [-0.2, 0) is 16.0 Å². The Bertz CT molecular complexity index is 1420. The van der Waals surface area contributed by atoms with Crippen LogP contribution in [0.2, 0.25) is 0 Å². The number of carbonyl (C=O) groups excluding carboxylic acids is 1. The number of morpholine rings is 1. The zero-order valence-electron chi connectivity index (χ0n) is 20.5. The van der Waals surface area contributed by atoms with Crippen LogP contribution >= 0.6 is 15.9 Å². The van der Waals surface area contributed by atoms with E-state index in [1.54, 1.807) is 30.6 Å². The Labute approximate surface area is 227 Å². The normalized spacial score (nSPS) is 13.8. The molecule has 10 heteroatoms. The number of hydrogen-bond acceptors (Lipinski definition) is 7. The van der Waals surface area contributed by atoms with Gasteiger partial charge in [-0.2, -0.15) is 0 Å². The second kappa shape index (κ2) is 12.3. The number of fused-ring (bicyclic) bond motifs is 1. The first-order valence-electron chi connectivity index (χ1n) is 12.2. The van der Waals surface area contributed by atoms with Crippen LogP contribution in [0.4, 0.5) is 10.1 Å². The van der Waals surface area contributed by atoms with Gasteiger partial charge in [0.15, 0.2) is 11.6 Å². The third-order valence-electron chi connectivity index (χ3n) is 5.97. The molecule has 0 bridgehead atoms. The molecule has 38 heavy (non-hydrogen) atoms. The van der Waals surface area contributed by atoms with E-state index in [1.807, 2.05) is 18.2 Å². The van der Waals surface area contributed by atoms with Gasteiger partial charge in [-0.15, -0.1) is 0 Å². The molecule has 1 aliphatic heterocycles. The van der Waals surface area contributed by atoms with Gasteiger partial charge in [0.1, 0.15) is 16.8 Å². The number of ether oxygens (including phenoxy) is 3. The highest BCUT2D eigenvalue weighted by Crippen LogP contribution is 2.36. The van der Waals surface area contributed by atoms with Crippen molar-refractivity contribution >= 4 is 38.4 Å². The minimum Gasteiger partial charge on any atom is -0.475 e. The topological polar surface area (TPSA) is 85.8 Å². The fourth-order valence-corrected chi connectivity index (χ4v) is 4.55. The number of nitrogens with zero attached hydrogens (tertiary/aromatic N) is 3. The maximum absolute atomic E-state index is 14.9. The highest BCUT2D eigenvalue weighted by atomic mass is 79.9. The van der Waals surface area contributed by atoms with E-state index in [0.29, 0.717) is 39.3 Å². The van der Waals surface area contributed by atoms with Crippen molar-refractivity contribution in [3.8, 4) is 17.4 Å². The van der Waals surface area contributed by atoms with Gasteiger partial charge in [0.2, 0.25) is 11.8 Å². The minimum atomic E-state index is -0.617. The molecule has 0 saturated carbocycles. The van der Waals surface area contributed by atoms with Gasteiger partial charge in [-0.25, -0.2) is 9.37 Å². The van der Waals surface area contributed by atoms with Crippen molar-refractivity contribution in [3.63, 3.8) is 0 Å². The maximum Gasteiger partial charge on any atom is 0.230 e. The third-order valence-corrected chi connectivity index (χ3v) is 6.68. The van der Waals surface area contributed by atoms with Crippen LogP contribution < -0.4 is 14.8 Å². The smallest absolute Gasteiger partial charge is 0.230 e. The molecule has 1 saturated heterocycles. The average Bonchev–Trinajstić information content (AvgIpc) is 2.93. The van der Waals surface area contributed by atoms with Crippen molar-refractivity contribution in [2.45, 2.75) is 6.42 Å². The molecule has 5 rings (SSSR count). The Morgan fingerprint density at radius 1 is 1.16 bits per heavy atom. The molecule has 0 unspecified atom stereocenters. The SMILES string of the molecule is O=C(Cc1[c]cccc1)Nc1ccc(Oc2ccnc3c(Br)c(OCCN4CCOCC4)ncc23)c(F)c1. The van der Waals surface area contributed by atoms with Crippen molar-refractivity contribution in [2.24, 2.45) is 0 Å². The summed E-state index contributed by atoms with van der Waals surface area (Å²) in [6, 6.07) is 16.1. The van der Waals surface area contributed by atoms with Crippen molar-refractivity contribution in [2.75, 3.05) is 44.8 Å². The average molecular weight is 580 g/mol. The van der Waals surface area contributed by atoms with Crippen LogP contribution in [-0.4, -0.2) is 60.2 Å². The number of pyridine rings is 2. The molecule has 1 amide bonds. The summed E-state index contributed by atoms with van der Waals surface area (Å²) in [4.78, 5) is 23.4. The van der Waals surface area contributed by atoms with Crippen LogP contribution in [0.3, 0.4) is 0 Å². The molecule has 0 spiro atoms. The van der Waals surface area contributed by atoms with E-state index in [1.165, 1.54) is 12.1 Å². The van der Waals surface area contributed by atoms with E-state index >= 15 is 0 Å². The molecule has 4 aromatic rings. The highest BCUT2D eigenvalue weighted by molar-refractivity contribution is 9.10. The van der Waals surface area contributed by atoms with E-state index in [2.05, 4.69) is 42.2 Å². The number of halogens is 2. The molecule has 1 radical (unpaired) electrons. The fourth-order valence-electron chi connectivity index (χ4n) is 4.02. The number of rotatable bonds is 9. The zero-order valence-corrected chi connectivity index (χ0v) is 22.0. The molecular formula is C28H25BrFN4O4. The van der Waals surface area contributed by atoms with Crippen molar-refractivity contribution < 1.29 is 23.4 Å². The monoisotopic (exact) mass is 579 g/mol. The lowest BCUT2D eigenvalue weighted by Crippen LogP contribution is -2.38. The molecule has 8 nitrogen and oxygen atoms in total. The number of carbonyl (C=O) groups is 1. The molecule has 1 N–H and O–H groups in total. The molecule has 3 heterocycles. The Balaban J connectivity index is 1.25. The summed E-state index contributed by atoms with van der Waals surface area (Å²) in [5.74, 6) is -0.0596. The van der Waals surface area contributed by atoms with E-state index < -0.39 is 5.82 Å². The van der Waals surface area contributed by atoms with Gasteiger partial charge in [0.25, 0.3) is 0 Å². The van der Waals surface area contributed by atoms with Gasteiger partial charge in [0, 0.05) is 43.8 Å². The summed E-state index contributed by atoms with van der Waals surface area (Å²) in [6.07, 6.45) is 3.32. The van der Waals surface area contributed by atoms with Crippen LogP contribution in [0.25, 0.3) is 10.9 Å². The lowest BCUT2D eigenvalue weighted by molar-refractivity contribution is -0.115. The first kappa shape index (κ1) is 26.0. The first-order chi connectivity index (χ1) is 18.6. The molecule has 2 aromatic carbocycles. The number of aromatic nitrogens is 2. The Morgan fingerprint density at radius 2 is 2.03 bits per heavy atom. The molecule has 2 aromatic heterocycles. The Kier molecular flexibility index (Phi) is 8.42. The Morgan fingerprint density at radius 3 is 2.82 bits per heavy atom. The van der Waals surface area contributed by atoms with E-state index in [0.717, 1.165) is 38.4 Å². The van der Waals surface area contributed by atoms with E-state index in [4.69, 9.17) is 14.2 Å². The van der Waals surface area contributed by atoms with Gasteiger partial charge >= 0.3 is 0 Å². The standard InChI is InChI=1S/C28H25BrFN4O4/c29-26-27-21(18-32-28(26)37-15-12-34-10-13-36-14-11-34)23(8-9-31-27)38-24-7-6-20(17-22(24)30)33-25(35)16-19-4-2-1-3-5-19/h1-4,6-9,17-18H,10-16H2,(H,33,35). The molecule has 195 valence electrons. The second-order valence-corrected chi connectivity index (χ2v) is 9.40. The summed E-state index contributed by atoms with van der Waals surface area (Å²) in [7, 11) is 0. The van der Waals surface area contributed by atoms with Gasteiger partial charge in [-0.1, -0.05) is 24.3 Å². The maximum atomic E-state index is 14.9. The number of amides is 1. The van der Waals surface area contributed by atoms with Crippen LogP contribution in [0.5, 0.6) is 17.4 Å². The first-order valence-corrected chi connectivity index (χ1v) is 12.9. The summed E-state index contributed by atoms with van der Waals surface area (Å²) >= 11 is 3.54. The van der Waals surface area contributed by atoms with Crippen LogP contribution in [0, 0.1) is 11.9 Å². The molecular weight excluding hydrogens is 555 g/mol. The van der Waals surface area contributed by atoms with E-state index in [-0.39, 0.29) is 18.1 Å². The Hall–Kier alpha value is -3.60. The van der Waals surface area contributed by atoms with E-state index in [9.17, 15) is 9.18 Å². The molecule has 0 atom stereocenters. The second-order valence-electron chi connectivity index (χ2n) is 8.61. The highest BCUT2D eigenvalue weighted by Gasteiger charge is 2.16. The fraction of sp³-hybridized carbons (Fsp3) is 0.250. The minimum absolute atomic E-state index is 0.00820. The summed E-state index contributed by atoms with van der Waals surface area (Å²) in [5.41, 5.74) is 1.67. The lowest BCUT2D eigenvalue weighted by Gasteiger charge is -2.26. The summed E-state index contributed by atoms with van der Waals surface area (Å²) in [6.45, 7) is 4.48. The van der Waals surface area contributed by atoms with Crippen molar-refractivity contribution in [3.05, 3.63) is 82.8 Å². The predicted molar refractivity (Wildman–Crippen MR) is 144 cm³/mol. The van der Waals surface area contributed by atoms with Crippen molar-refractivity contribution in [1.82, 2.24) is 14.9 Å². The van der Waals surface area contributed by atoms with Crippen LogP contribution in [0.15, 0.2) is 65.4 Å². The van der Waals surface area contributed by atoms with Gasteiger partial charge in [-0.05, 0) is 45.8 Å². The summed E-state index contributed by atoms with van der Waals surface area (Å²) < 4.78 is 32.6. The number of benzene rings is 2.